The highest BCUT2D eigenvalue weighted by atomic mass is 28.4. The lowest BCUT2D eigenvalue weighted by Crippen LogP contribution is -2.67. The van der Waals surface area contributed by atoms with Crippen LogP contribution >= 0.6 is 0 Å². The Bertz CT molecular complexity index is 1030. The van der Waals surface area contributed by atoms with Crippen molar-refractivity contribution in [3.63, 3.8) is 0 Å². The van der Waals surface area contributed by atoms with Gasteiger partial charge >= 0.3 is 5.97 Å². The lowest BCUT2D eigenvalue weighted by atomic mass is 9.93. The SMILES string of the molecule is CCOC(=O)c1cnn(C2CCC(O[Si](c3ccccc3)(c3ccccc3)C(C)(C)C)CC2)c1. The topological polar surface area (TPSA) is 53.3 Å². The lowest BCUT2D eigenvalue weighted by Gasteiger charge is -2.46. The van der Waals surface area contributed by atoms with Gasteiger partial charge in [0.15, 0.2) is 0 Å². The Kier molecular flexibility index (Phi) is 7.38. The molecule has 1 aliphatic rings. The van der Waals surface area contributed by atoms with Crippen molar-refractivity contribution in [1.82, 2.24) is 9.78 Å². The predicted molar refractivity (Wildman–Crippen MR) is 138 cm³/mol. The standard InChI is InChI=1S/C28H36N2O3Si/c1-5-32-27(31)22-20-29-30(21-22)23-16-18-24(19-17-23)33-34(28(2,3)4,25-12-8-6-9-13-25)26-14-10-7-11-15-26/h6-15,20-21,23-24H,5,16-19H2,1-4H3. The van der Waals surface area contributed by atoms with Gasteiger partial charge in [-0.1, -0.05) is 81.4 Å². The van der Waals surface area contributed by atoms with Crippen LogP contribution in [0.3, 0.4) is 0 Å². The van der Waals surface area contributed by atoms with Crippen LogP contribution in [0.4, 0.5) is 0 Å². The fourth-order valence-corrected chi connectivity index (χ4v) is 9.98. The van der Waals surface area contributed by atoms with E-state index in [9.17, 15) is 4.79 Å². The highest BCUT2D eigenvalue weighted by Crippen LogP contribution is 2.40. The van der Waals surface area contributed by atoms with Crippen LogP contribution in [0, 0.1) is 0 Å². The fraction of sp³-hybridized carbons (Fsp3) is 0.429. The molecule has 0 saturated heterocycles. The molecule has 6 heteroatoms. The first-order valence-electron chi connectivity index (χ1n) is 12.4. The maximum Gasteiger partial charge on any atom is 0.341 e. The van der Waals surface area contributed by atoms with E-state index in [2.05, 4.69) is 86.5 Å². The van der Waals surface area contributed by atoms with E-state index in [1.807, 2.05) is 17.8 Å². The summed E-state index contributed by atoms with van der Waals surface area (Å²) in [7, 11) is -2.54. The van der Waals surface area contributed by atoms with Gasteiger partial charge in [0.25, 0.3) is 8.32 Å². The third kappa shape index (κ3) is 4.89. The third-order valence-electron chi connectivity index (χ3n) is 6.89. The minimum absolute atomic E-state index is 0.0247. The molecule has 34 heavy (non-hydrogen) atoms. The second-order valence-electron chi connectivity index (χ2n) is 10.1. The summed E-state index contributed by atoms with van der Waals surface area (Å²) in [4.78, 5) is 12.0. The fourth-order valence-electron chi connectivity index (χ4n) is 5.23. The number of rotatable bonds is 7. The van der Waals surface area contributed by atoms with E-state index >= 15 is 0 Å². The van der Waals surface area contributed by atoms with Gasteiger partial charge in [0.1, 0.15) is 0 Å². The molecular weight excluding hydrogens is 440 g/mol. The Morgan fingerprint density at radius 2 is 1.53 bits per heavy atom. The normalized spacial score (nSPS) is 19.1. The molecule has 180 valence electrons. The molecule has 3 aromatic rings. The summed E-state index contributed by atoms with van der Waals surface area (Å²) < 4.78 is 14.4. The Hall–Kier alpha value is -2.70. The number of nitrogens with zero attached hydrogens (tertiary/aromatic N) is 2. The first-order chi connectivity index (χ1) is 16.3. The highest BCUT2D eigenvalue weighted by Gasteiger charge is 2.51. The molecule has 1 fully saturated rings. The summed E-state index contributed by atoms with van der Waals surface area (Å²) in [6.45, 7) is 9.16. The van der Waals surface area contributed by atoms with Gasteiger partial charge in [0.2, 0.25) is 0 Å². The van der Waals surface area contributed by atoms with Crippen LogP contribution < -0.4 is 10.4 Å². The van der Waals surface area contributed by atoms with E-state index in [4.69, 9.17) is 9.16 Å². The quantitative estimate of drug-likeness (QED) is 0.351. The van der Waals surface area contributed by atoms with Crippen molar-refractivity contribution < 1.29 is 14.0 Å². The molecule has 1 aromatic heterocycles. The van der Waals surface area contributed by atoms with Gasteiger partial charge in [-0.15, -0.1) is 0 Å². The average molecular weight is 477 g/mol. The molecule has 0 unspecified atom stereocenters. The van der Waals surface area contributed by atoms with Crippen molar-refractivity contribution in [3.8, 4) is 0 Å². The van der Waals surface area contributed by atoms with E-state index in [-0.39, 0.29) is 23.2 Å². The number of carbonyl (C=O) groups is 1. The molecule has 1 saturated carbocycles. The van der Waals surface area contributed by atoms with E-state index in [1.165, 1.54) is 10.4 Å². The van der Waals surface area contributed by atoms with E-state index < -0.39 is 8.32 Å². The first-order valence-corrected chi connectivity index (χ1v) is 14.3. The van der Waals surface area contributed by atoms with Crippen LogP contribution in [0.15, 0.2) is 73.1 Å². The third-order valence-corrected chi connectivity index (χ3v) is 12.0. The van der Waals surface area contributed by atoms with Gasteiger partial charge in [-0.25, -0.2) is 4.79 Å². The molecule has 5 nitrogen and oxygen atoms in total. The van der Waals surface area contributed by atoms with Crippen LogP contribution in [-0.4, -0.2) is 36.8 Å². The number of hydrogen-bond acceptors (Lipinski definition) is 4. The van der Waals surface area contributed by atoms with Crippen LogP contribution in [0.2, 0.25) is 5.04 Å². The molecule has 2 aromatic carbocycles. The van der Waals surface area contributed by atoms with Crippen LogP contribution in [0.25, 0.3) is 0 Å². The second kappa shape index (κ2) is 10.3. The molecule has 0 bridgehead atoms. The number of ether oxygens (including phenoxy) is 1. The number of carbonyl (C=O) groups excluding carboxylic acids is 1. The molecular formula is C28H36N2O3Si. The summed E-state index contributed by atoms with van der Waals surface area (Å²) in [5.74, 6) is -0.308. The largest absolute Gasteiger partial charge is 0.462 e. The molecule has 1 aliphatic carbocycles. The summed E-state index contributed by atoms with van der Waals surface area (Å²) in [5, 5.41) is 7.08. The van der Waals surface area contributed by atoms with Crippen LogP contribution in [0.5, 0.6) is 0 Å². The predicted octanol–water partition coefficient (Wildman–Crippen LogP) is 5.12. The summed E-state index contributed by atoms with van der Waals surface area (Å²) in [6.07, 6.45) is 7.55. The Labute approximate surface area is 204 Å². The monoisotopic (exact) mass is 476 g/mol. The molecule has 0 amide bonds. The molecule has 0 N–H and O–H groups in total. The van der Waals surface area contributed by atoms with E-state index in [0.29, 0.717) is 12.2 Å². The number of benzene rings is 2. The zero-order valence-corrected chi connectivity index (χ0v) is 21.7. The summed E-state index contributed by atoms with van der Waals surface area (Å²) in [5.41, 5.74) is 0.521. The van der Waals surface area contributed by atoms with Crippen molar-refractivity contribution in [1.29, 1.82) is 0 Å². The van der Waals surface area contributed by atoms with Crippen molar-refractivity contribution >= 4 is 24.7 Å². The zero-order chi connectivity index (χ0) is 24.2. The Morgan fingerprint density at radius 1 is 0.971 bits per heavy atom. The smallest absolute Gasteiger partial charge is 0.341 e. The average Bonchev–Trinajstić information content (AvgIpc) is 3.34. The van der Waals surface area contributed by atoms with Gasteiger partial charge in [-0.3, -0.25) is 4.68 Å². The van der Waals surface area contributed by atoms with Crippen molar-refractivity contribution in [2.24, 2.45) is 0 Å². The minimum atomic E-state index is -2.54. The molecule has 0 atom stereocenters. The Balaban J connectivity index is 1.56. The van der Waals surface area contributed by atoms with Crippen molar-refractivity contribution in [2.75, 3.05) is 6.61 Å². The molecule has 0 aliphatic heterocycles. The molecule has 4 rings (SSSR count). The van der Waals surface area contributed by atoms with Crippen LogP contribution in [0.1, 0.15) is 69.8 Å². The van der Waals surface area contributed by atoms with Crippen LogP contribution in [-0.2, 0) is 9.16 Å². The van der Waals surface area contributed by atoms with Gasteiger partial charge < -0.3 is 9.16 Å². The summed E-state index contributed by atoms with van der Waals surface area (Å²) in [6, 6.07) is 21.9. The first kappa shape index (κ1) is 24.4. The van der Waals surface area contributed by atoms with E-state index in [1.54, 1.807) is 6.20 Å². The molecule has 1 heterocycles. The van der Waals surface area contributed by atoms with Gasteiger partial charge in [0.05, 0.1) is 24.4 Å². The number of hydrogen-bond donors (Lipinski definition) is 0. The van der Waals surface area contributed by atoms with Gasteiger partial charge in [-0.05, 0) is 48.0 Å². The summed E-state index contributed by atoms with van der Waals surface area (Å²) >= 11 is 0. The van der Waals surface area contributed by atoms with Gasteiger partial charge in [-0.2, -0.15) is 5.10 Å². The zero-order valence-electron chi connectivity index (χ0n) is 20.7. The Morgan fingerprint density at radius 3 is 2.03 bits per heavy atom. The van der Waals surface area contributed by atoms with Crippen molar-refractivity contribution in [3.05, 3.63) is 78.6 Å². The maximum absolute atomic E-state index is 12.0. The minimum Gasteiger partial charge on any atom is -0.462 e. The lowest BCUT2D eigenvalue weighted by molar-refractivity contribution is 0.0526. The highest BCUT2D eigenvalue weighted by molar-refractivity contribution is 6.99. The molecule has 0 spiro atoms. The van der Waals surface area contributed by atoms with Crippen molar-refractivity contribution in [2.45, 2.75) is 70.6 Å². The second-order valence-corrected chi connectivity index (χ2v) is 14.4. The van der Waals surface area contributed by atoms with Gasteiger partial charge in [0, 0.05) is 12.3 Å². The number of aromatic nitrogens is 2. The maximum atomic E-state index is 12.0. The van der Waals surface area contributed by atoms with E-state index in [0.717, 1.165) is 25.7 Å². The number of esters is 1. The molecule has 0 radical (unpaired) electrons.